The van der Waals surface area contributed by atoms with Crippen LogP contribution in [0.4, 0.5) is 5.69 Å². The molecule has 0 spiro atoms. The topological polar surface area (TPSA) is 56.1 Å². The number of aromatic nitrogens is 2. The second-order valence-electron chi connectivity index (χ2n) is 5.47. The number of halogens is 1. The summed E-state index contributed by atoms with van der Waals surface area (Å²) in [5.41, 5.74) is 1.19. The molecule has 0 saturated heterocycles. The number of ether oxygens (including phenoxy) is 1. The van der Waals surface area contributed by atoms with Gasteiger partial charge in [0.15, 0.2) is 0 Å². The third kappa shape index (κ3) is 4.01. The van der Waals surface area contributed by atoms with E-state index in [4.69, 9.17) is 16.3 Å². The average Bonchev–Trinajstić information content (AvgIpc) is 2.50. The minimum atomic E-state index is -0.323. The first-order valence-electron chi connectivity index (χ1n) is 7.15. The van der Waals surface area contributed by atoms with Gasteiger partial charge in [-0.1, -0.05) is 43.6 Å². The van der Waals surface area contributed by atoms with Crippen LogP contribution in [0, 0.1) is 5.92 Å². The largest absolute Gasteiger partial charge is 0.493 e. The molecule has 0 atom stereocenters. The van der Waals surface area contributed by atoms with Gasteiger partial charge in [0.25, 0.3) is 5.56 Å². The van der Waals surface area contributed by atoms with E-state index in [0.29, 0.717) is 24.8 Å². The first-order valence-corrected chi connectivity index (χ1v) is 7.53. The maximum absolute atomic E-state index is 11.7. The summed E-state index contributed by atoms with van der Waals surface area (Å²) in [5.74, 6) is 1.29. The lowest BCUT2D eigenvalue weighted by atomic mass is 10.2. The van der Waals surface area contributed by atoms with Crippen molar-refractivity contribution >= 4 is 17.3 Å². The summed E-state index contributed by atoms with van der Waals surface area (Å²) in [6.07, 6.45) is 1.54. The van der Waals surface area contributed by atoms with E-state index in [9.17, 15) is 4.79 Å². The lowest BCUT2D eigenvalue weighted by Crippen LogP contribution is -2.21. The number of hydrogen-bond acceptors (Lipinski definition) is 4. The summed E-state index contributed by atoms with van der Waals surface area (Å²) in [7, 11) is 1.56. The van der Waals surface area contributed by atoms with Gasteiger partial charge in [-0.25, -0.2) is 4.68 Å². The molecule has 1 aromatic carbocycles. The molecule has 0 saturated carbocycles. The highest BCUT2D eigenvalue weighted by Crippen LogP contribution is 2.22. The molecule has 22 heavy (non-hydrogen) atoms. The molecule has 0 bridgehead atoms. The van der Waals surface area contributed by atoms with Gasteiger partial charge in [-0.2, -0.15) is 5.10 Å². The van der Waals surface area contributed by atoms with Crippen LogP contribution in [0.2, 0.25) is 5.02 Å². The van der Waals surface area contributed by atoms with Gasteiger partial charge in [-0.15, -0.1) is 0 Å². The Labute approximate surface area is 134 Å². The molecular formula is C16H20ClN3O2. The molecule has 1 aromatic heterocycles. The first kappa shape index (κ1) is 16.4. The standard InChI is InChI=1S/C16H20ClN3O2/c1-11(2)10-22-14-7-5-4-6-12(14)8-18-13-9-19-20(3)16(21)15(13)17/h4-7,9,11,18H,8,10H2,1-3H3. The van der Waals surface area contributed by atoms with Crippen molar-refractivity contribution in [1.82, 2.24) is 9.78 Å². The number of hydrogen-bond donors (Lipinski definition) is 1. The quantitative estimate of drug-likeness (QED) is 0.888. The second kappa shape index (κ2) is 7.31. The van der Waals surface area contributed by atoms with Crippen molar-refractivity contribution in [2.75, 3.05) is 11.9 Å². The Morgan fingerprint density at radius 3 is 2.82 bits per heavy atom. The van der Waals surface area contributed by atoms with Crippen LogP contribution in [-0.4, -0.2) is 16.4 Å². The van der Waals surface area contributed by atoms with Crippen LogP contribution in [-0.2, 0) is 13.6 Å². The molecule has 0 aliphatic carbocycles. The Bertz CT molecular complexity index is 698. The SMILES string of the molecule is CC(C)COc1ccccc1CNc1cnn(C)c(=O)c1Cl. The second-order valence-corrected chi connectivity index (χ2v) is 5.85. The van der Waals surface area contributed by atoms with E-state index < -0.39 is 0 Å². The molecule has 6 heteroatoms. The predicted molar refractivity (Wildman–Crippen MR) is 88.6 cm³/mol. The van der Waals surface area contributed by atoms with Crippen molar-refractivity contribution in [3.8, 4) is 5.75 Å². The zero-order valence-electron chi connectivity index (χ0n) is 13.0. The Morgan fingerprint density at radius 1 is 1.36 bits per heavy atom. The Balaban J connectivity index is 2.12. The van der Waals surface area contributed by atoms with E-state index in [-0.39, 0.29) is 10.6 Å². The van der Waals surface area contributed by atoms with Gasteiger partial charge in [0.05, 0.1) is 18.5 Å². The smallest absolute Gasteiger partial charge is 0.287 e. The minimum absolute atomic E-state index is 0.137. The van der Waals surface area contributed by atoms with Crippen molar-refractivity contribution in [2.45, 2.75) is 20.4 Å². The highest BCUT2D eigenvalue weighted by molar-refractivity contribution is 6.32. The molecular weight excluding hydrogens is 302 g/mol. The predicted octanol–water partition coefficient (Wildman–Crippen LogP) is 3.08. The monoisotopic (exact) mass is 321 g/mol. The minimum Gasteiger partial charge on any atom is -0.493 e. The number of anilines is 1. The first-order chi connectivity index (χ1) is 10.5. The van der Waals surface area contributed by atoms with Gasteiger partial charge in [-0.05, 0) is 12.0 Å². The van der Waals surface area contributed by atoms with Crippen LogP contribution in [0.1, 0.15) is 19.4 Å². The molecule has 118 valence electrons. The van der Waals surface area contributed by atoms with Crippen LogP contribution in [0.25, 0.3) is 0 Å². The molecule has 1 heterocycles. The molecule has 0 aliphatic heterocycles. The van der Waals surface area contributed by atoms with Crippen LogP contribution < -0.4 is 15.6 Å². The van der Waals surface area contributed by atoms with Crippen LogP contribution >= 0.6 is 11.6 Å². The van der Waals surface area contributed by atoms with E-state index in [0.717, 1.165) is 11.3 Å². The van der Waals surface area contributed by atoms with E-state index in [1.807, 2.05) is 24.3 Å². The molecule has 0 unspecified atom stereocenters. The van der Waals surface area contributed by atoms with Gasteiger partial charge in [-0.3, -0.25) is 4.79 Å². The number of nitrogens with zero attached hydrogens (tertiary/aromatic N) is 2. The molecule has 1 N–H and O–H groups in total. The number of rotatable bonds is 6. The van der Waals surface area contributed by atoms with Gasteiger partial charge < -0.3 is 10.1 Å². The maximum atomic E-state index is 11.7. The summed E-state index contributed by atoms with van der Waals surface area (Å²) in [6.45, 7) is 5.37. The lowest BCUT2D eigenvalue weighted by molar-refractivity contribution is 0.269. The summed E-state index contributed by atoms with van der Waals surface area (Å²) in [5, 5.41) is 7.23. The van der Waals surface area contributed by atoms with Gasteiger partial charge in [0.2, 0.25) is 0 Å². The molecule has 0 amide bonds. The highest BCUT2D eigenvalue weighted by Gasteiger charge is 2.09. The number of para-hydroxylation sites is 1. The van der Waals surface area contributed by atoms with Crippen LogP contribution in [0.5, 0.6) is 5.75 Å². The lowest BCUT2D eigenvalue weighted by Gasteiger charge is -2.14. The highest BCUT2D eigenvalue weighted by atomic mass is 35.5. The van der Waals surface area contributed by atoms with E-state index in [2.05, 4.69) is 24.3 Å². The Kier molecular flexibility index (Phi) is 5.44. The van der Waals surface area contributed by atoms with Crippen molar-refractivity contribution in [2.24, 2.45) is 13.0 Å². The van der Waals surface area contributed by atoms with Crippen molar-refractivity contribution in [1.29, 1.82) is 0 Å². The molecule has 2 aromatic rings. The van der Waals surface area contributed by atoms with Gasteiger partial charge in [0, 0.05) is 19.2 Å². The van der Waals surface area contributed by atoms with Crippen molar-refractivity contribution in [3.63, 3.8) is 0 Å². The van der Waals surface area contributed by atoms with Crippen molar-refractivity contribution in [3.05, 3.63) is 51.4 Å². The summed E-state index contributed by atoms with van der Waals surface area (Å²) >= 11 is 6.04. The summed E-state index contributed by atoms with van der Waals surface area (Å²) in [6, 6.07) is 7.80. The Morgan fingerprint density at radius 2 is 2.09 bits per heavy atom. The third-order valence-corrected chi connectivity index (χ3v) is 3.46. The average molecular weight is 322 g/mol. The fourth-order valence-electron chi connectivity index (χ4n) is 1.87. The van der Waals surface area contributed by atoms with Gasteiger partial charge >= 0.3 is 0 Å². The molecule has 0 aliphatic rings. The molecule has 5 nitrogen and oxygen atoms in total. The fraction of sp³-hybridized carbons (Fsp3) is 0.375. The zero-order chi connectivity index (χ0) is 16.1. The van der Waals surface area contributed by atoms with Crippen LogP contribution in [0.3, 0.4) is 0 Å². The van der Waals surface area contributed by atoms with E-state index in [1.54, 1.807) is 13.2 Å². The van der Waals surface area contributed by atoms with Gasteiger partial charge in [0.1, 0.15) is 10.8 Å². The van der Waals surface area contributed by atoms with E-state index >= 15 is 0 Å². The number of nitrogens with one attached hydrogen (secondary N) is 1. The van der Waals surface area contributed by atoms with Crippen molar-refractivity contribution < 1.29 is 4.74 Å². The normalized spacial score (nSPS) is 10.8. The summed E-state index contributed by atoms with van der Waals surface area (Å²) in [4.78, 5) is 11.7. The number of benzene rings is 1. The molecule has 0 fully saturated rings. The van der Waals surface area contributed by atoms with Crippen LogP contribution in [0.15, 0.2) is 35.3 Å². The number of aryl methyl sites for hydroxylation is 1. The Hall–Kier alpha value is -2.01. The summed E-state index contributed by atoms with van der Waals surface area (Å²) < 4.78 is 7.01. The third-order valence-electron chi connectivity index (χ3n) is 3.09. The molecule has 0 radical (unpaired) electrons. The van der Waals surface area contributed by atoms with E-state index in [1.165, 1.54) is 4.68 Å². The fourth-order valence-corrected chi connectivity index (χ4v) is 2.11. The molecule has 2 rings (SSSR count). The maximum Gasteiger partial charge on any atom is 0.287 e. The zero-order valence-corrected chi connectivity index (χ0v) is 13.7.